The van der Waals surface area contributed by atoms with Crippen LogP contribution >= 0.6 is 0 Å². The second-order valence-electron chi connectivity index (χ2n) is 4.48. The van der Waals surface area contributed by atoms with Crippen molar-refractivity contribution in [1.82, 2.24) is 0 Å². The number of nitrogens with zero attached hydrogens (tertiary/aromatic N) is 1. The highest BCUT2D eigenvalue weighted by atomic mass is 15.1. The smallest absolute Gasteiger partial charge is 0.198 e. The van der Waals surface area contributed by atoms with E-state index in [1.165, 1.54) is 0 Å². The molecule has 0 fully saturated rings. The van der Waals surface area contributed by atoms with Crippen molar-refractivity contribution in [2.75, 3.05) is 5.32 Å². The van der Waals surface area contributed by atoms with Crippen molar-refractivity contribution in [2.45, 2.75) is 0 Å². The lowest BCUT2D eigenvalue weighted by Crippen LogP contribution is -2.21. The zero-order valence-electron chi connectivity index (χ0n) is 12.3. The van der Waals surface area contributed by atoms with E-state index < -0.39 is 0 Å². The van der Waals surface area contributed by atoms with Gasteiger partial charge in [-0.25, -0.2) is 4.99 Å². The van der Waals surface area contributed by atoms with E-state index in [-0.39, 0.29) is 0 Å². The molecule has 0 heterocycles. The van der Waals surface area contributed by atoms with E-state index in [1.54, 1.807) is 0 Å². The number of hydrogen-bond donors (Lipinski definition) is 2. The lowest BCUT2D eigenvalue weighted by atomic mass is 10.3. The van der Waals surface area contributed by atoms with Crippen LogP contribution in [-0.4, -0.2) is 5.96 Å². The molecule has 3 heteroatoms. The van der Waals surface area contributed by atoms with Gasteiger partial charge in [-0.2, -0.15) is 0 Å². The number of anilines is 1. The van der Waals surface area contributed by atoms with E-state index in [2.05, 4.69) is 10.3 Å². The molecule has 0 aliphatic rings. The Morgan fingerprint density at radius 2 is 1.05 bits per heavy atom. The van der Waals surface area contributed by atoms with Gasteiger partial charge in [0.25, 0.3) is 0 Å². The molecular formula is C19H19N3. The molecule has 22 heavy (non-hydrogen) atoms. The fourth-order valence-electron chi connectivity index (χ4n) is 1.72. The molecule has 0 spiro atoms. The second-order valence-corrected chi connectivity index (χ2v) is 4.48. The van der Waals surface area contributed by atoms with Crippen molar-refractivity contribution in [3.8, 4) is 0 Å². The van der Waals surface area contributed by atoms with Crippen molar-refractivity contribution < 1.29 is 0 Å². The van der Waals surface area contributed by atoms with Crippen LogP contribution in [0.3, 0.4) is 0 Å². The first-order chi connectivity index (χ1) is 10.8. The van der Waals surface area contributed by atoms with Crippen LogP contribution in [0.1, 0.15) is 0 Å². The summed E-state index contributed by atoms with van der Waals surface area (Å²) in [6.07, 6.45) is 0. The average molecular weight is 289 g/mol. The molecule has 3 rings (SSSR count). The molecular weight excluding hydrogens is 270 g/mol. The van der Waals surface area contributed by atoms with Crippen molar-refractivity contribution in [1.29, 1.82) is 0 Å². The van der Waals surface area contributed by atoms with Gasteiger partial charge in [0.15, 0.2) is 5.96 Å². The van der Waals surface area contributed by atoms with E-state index in [0.29, 0.717) is 5.96 Å². The molecule has 3 nitrogen and oxygen atoms in total. The lowest BCUT2D eigenvalue weighted by molar-refractivity contribution is 1.44. The van der Waals surface area contributed by atoms with Crippen LogP contribution in [0, 0.1) is 0 Å². The minimum absolute atomic E-state index is 0.386. The fourth-order valence-corrected chi connectivity index (χ4v) is 1.72. The van der Waals surface area contributed by atoms with Gasteiger partial charge in [0.2, 0.25) is 0 Å². The maximum absolute atomic E-state index is 5.78. The zero-order chi connectivity index (χ0) is 15.5. The van der Waals surface area contributed by atoms with Gasteiger partial charge >= 0.3 is 0 Å². The fraction of sp³-hybridized carbons (Fsp3) is 0. The standard InChI is InChI=1S/C13H13N3.C6H6/c14-13(15-11-7-3-1-4-8-11)16-12-9-5-2-6-10-12;1-2-4-6-5-3-1/h1-10H,(H3,14,15,16);1-6H. The third kappa shape index (κ3) is 5.92. The van der Waals surface area contributed by atoms with Gasteiger partial charge in [-0.15, -0.1) is 0 Å². The summed E-state index contributed by atoms with van der Waals surface area (Å²) in [5.41, 5.74) is 7.54. The summed E-state index contributed by atoms with van der Waals surface area (Å²) in [4.78, 5) is 4.24. The highest BCUT2D eigenvalue weighted by Crippen LogP contribution is 2.10. The molecule has 0 amide bonds. The highest BCUT2D eigenvalue weighted by Gasteiger charge is 1.93. The summed E-state index contributed by atoms with van der Waals surface area (Å²) in [7, 11) is 0. The van der Waals surface area contributed by atoms with Crippen LogP contribution in [0.15, 0.2) is 102 Å². The molecule has 0 aliphatic heterocycles. The molecule has 3 aromatic rings. The maximum Gasteiger partial charge on any atom is 0.198 e. The number of para-hydroxylation sites is 2. The zero-order valence-corrected chi connectivity index (χ0v) is 12.3. The molecule has 0 atom stereocenters. The van der Waals surface area contributed by atoms with E-state index >= 15 is 0 Å². The number of nitrogens with one attached hydrogen (secondary N) is 1. The minimum atomic E-state index is 0.386. The Kier molecular flexibility index (Phi) is 6.25. The van der Waals surface area contributed by atoms with Crippen molar-refractivity contribution in [3.05, 3.63) is 97.1 Å². The summed E-state index contributed by atoms with van der Waals surface area (Å²) in [6, 6.07) is 31.3. The second kappa shape index (κ2) is 8.97. The van der Waals surface area contributed by atoms with Crippen molar-refractivity contribution in [2.24, 2.45) is 10.7 Å². The molecule has 110 valence electrons. The predicted octanol–water partition coefficient (Wildman–Crippen LogP) is 4.43. The Labute approximate surface area is 131 Å². The first-order valence-corrected chi connectivity index (χ1v) is 7.06. The van der Waals surface area contributed by atoms with Gasteiger partial charge in [0.1, 0.15) is 0 Å². The molecule has 0 aliphatic carbocycles. The van der Waals surface area contributed by atoms with Crippen LogP contribution in [0.25, 0.3) is 0 Å². The van der Waals surface area contributed by atoms with Gasteiger partial charge < -0.3 is 11.1 Å². The van der Waals surface area contributed by atoms with Crippen molar-refractivity contribution >= 4 is 17.3 Å². The maximum atomic E-state index is 5.78. The van der Waals surface area contributed by atoms with Gasteiger partial charge in [-0.05, 0) is 24.3 Å². The Balaban J connectivity index is 0.000000246. The van der Waals surface area contributed by atoms with Crippen molar-refractivity contribution in [3.63, 3.8) is 0 Å². The Bertz CT molecular complexity index is 638. The number of benzene rings is 3. The van der Waals surface area contributed by atoms with Gasteiger partial charge in [-0.1, -0.05) is 72.8 Å². The third-order valence-corrected chi connectivity index (χ3v) is 2.72. The summed E-state index contributed by atoms with van der Waals surface area (Å²) >= 11 is 0. The summed E-state index contributed by atoms with van der Waals surface area (Å²) < 4.78 is 0. The average Bonchev–Trinajstić information content (AvgIpc) is 2.59. The Hall–Kier alpha value is -3.07. The van der Waals surface area contributed by atoms with Crippen LogP contribution in [-0.2, 0) is 0 Å². The predicted molar refractivity (Wildman–Crippen MR) is 94.2 cm³/mol. The number of nitrogens with two attached hydrogens (primary N) is 1. The quantitative estimate of drug-likeness (QED) is 0.541. The molecule has 0 saturated heterocycles. The first kappa shape index (κ1) is 15.3. The first-order valence-electron chi connectivity index (χ1n) is 7.06. The van der Waals surface area contributed by atoms with Crippen LogP contribution in [0.4, 0.5) is 11.4 Å². The number of guanidine groups is 1. The number of rotatable bonds is 2. The highest BCUT2D eigenvalue weighted by molar-refractivity contribution is 5.93. The Morgan fingerprint density at radius 3 is 1.55 bits per heavy atom. The van der Waals surface area contributed by atoms with Gasteiger partial charge in [0.05, 0.1) is 5.69 Å². The molecule has 0 bridgehead atoms. The minimum Gasteiger partial charge on any atom is -0.369 e. The van der Waals surface area contributed by atoms with E-state index in [9.17, 15) is 0 Å². The van der Waals surface area contributed by atoms with Crippen LogP contribution in [0.2, 0.25) is 0 Å². The summed E-state index contributed by atoms with van der Waals surface area (Å²) in [6.45, 7) is 0. The largest absolute Gasteiger partial charge is 0.369 e. The monoisotopic (exact) mass is 289 g/mol. The molecule has 0 saturated carbocycles. The summed E-state index contributed by atoms with van der Waals surface area (Å²) in [5.74, 6) is 0.386. The van der Waals surface area contributed by atoms with E-state index in [0.717, 1.165) is 11.4 Å². The summed E-state index contributed by atoms with van der Waals surface area (Å²) in [5, 5.41) is 3.02. The molecule has 0 radical (unpaired) electrons. The number of hydrogen-bond acceptors (Lipinski definition) is 1. The molecule has 3 aromatic carbocycles. The number of aliphatic imine (C=N–C) groups is 1. The van der Waals surface area contributed by atoms with Gasteiger partial charge in [0, 0.05) is 5.69 Å². The lowest BCUT2D eigenvalue weighted by Gasteiger charge is -2.04. The van der Waals surface area contributed by atoms with E-state index in [1.807, 2.05) is 97.1 Å². The topological polar surface area (TPSA) is 50.4 Å². The van der Waals surface area contributed by atoms with Gasteiger partial charge in [-0.3, -0.25) is 0 Å². The normalized spacial score (nSPS) is 10.3. The van der Waals surface area contributed by atoms with E-state index in [4.69, 9.17) is 5.73 Å². The Morgan fingerprint density at radius 1 is 0.636 bits per heavy atom. The SMILES string of the molecule is NC(=Nc1ccccc1)Nc1ccccc1.c1ccccc1. The van der Waals surface area contributed by atoms with Crippen LogP contribution in [0.5, 0.6) is 0 Å². The third-order valence-electron chi connectivity index (χ3n) is 2.72. The molecule has 3 N–H and O–H groups in total. The van der Waals surface area contributed by atoms with Crippen LogP contribution < -0.4 is 11.1 Å². The molecule has 0 unspecified atom stereocenters. The molecule has 0 aromatic heterocycles.